The van der Waals surface area contributed by atoms with E-state index in [0.29, 0.717) is 0 Å². The molecule has 222 valence electrons. The summed E-state index contributed by atoms with van der Waals surface area (Å²) in [7, 11) is 0. The monoisotopic (exact) mass is 568 g/mol. The highest BCUT2D eigenvalue weighted by Crippen LogP contribution is 2.43. The van der Waals surface area contributed by atoms with Crippen LogP contribution in [0.1, 0.15) is 63.3 Å². The summed E-state index contributed by atoms with van der Waals surface area (Å²) in [6.07, 6.45) is 3.93. The molecular weight excluding hydrogens is 524 g/mol. The molecule has 7 nitrogen and oxygen atoms in total. The van der Waals surface area contributed by atoms with Crippen LogP contribution in [0.25, 0.3) is 11.3 Å². The van der Waals surface area contributed by atoms with Crippen LogP contribution in [0.3, 0.4) is 0 Å². The average molecular weight is 569 g/mol. The van der Waals surface area contributed by atoms with Gasteiger partial charge in [0.2, 0.25) is 0 Å². The van der Waals surface area contributed by atoms with Crippen LogP contribution in [0, 0.1) is 0 Å². The van der Waals surface area contributed by atoms with E-state index >= 15 is 0 Å². The molecule has 3 aromatic rings. The van der Waals surface area contributed by atoms with Gasteiger partial charge in [-0.3, -0.25) is 14.8 Å². The Bertz CT molecular complexity index is 1390. The van der Waals surface area contributed by atoms with Gasteiger partial charge < -0.3 is 14.7 Å². The molecule has 0 aliphatic carbocycles. The van der Waals surface area contributed by atoms with Crippen molar-refractivity contribution < 1.29 is 14.6 Å². The summed E-state index contributed by atoms with van der Waals surface area (Å²) in [6.45, 7) is 12.1. The Balaban J connectivity index is 1.26. The number of nitrogens with zero attached hydrogens (tertiary/aromatic N) is 4. The van der Waals surface area contributed by atoms with Gasteiger partial charge in [-0.2, -0.15) is 0 Å². The van der Waals surface area contributed by atoms with Crippen LogP contribution in [0.4, 0.5) is 4.79 Å². The van der Waals surface area contributed by atoms with E-state index in [1.165, 1.54) is 11.1 Å². The predicted molar refractivity (Wildman–Crippen MR) is 165 cm³/mol. The van der Waals surface area contributed by atoms with E-state index in [1.54, 1.807) is 6.07 Å². The maximum Gasteiger partial charge on any atom is 0.410 e. The molecule has 42 heavy (non-hydrogen) atoms. The SMILES string of the molecule is CC(C)(C)OC(=O)N1CCC[C@@H]1CN1Cc2nc(-c3ccccc3O)ccc2C2(CCN(Cc3ccccc3)CC2)C1. The first-order valence-electron chi connectivity index (χ1n) is 15.5. The summed E-state index contributed by atoms with van der Waals surface area (Å²) < 4.78 is 5.77. The number of hydrogen-bond acceptors (Lipinski definition) is 6. The van der Waals surface area contributed by atoms with Gasteiger partial charge in [0.1, 0.15) is 11.4 Å². The lowest BCUT2D eigenvalue weighted by Gasteiger charge is -2.49. The molecule has 1 atom stereocenters. The second-order valence-electron chi connectivity index (χ2n) is 13.4. The molecule has 0 unspecified atom stereocenters. The molecule has 1 amide bonds. The van der Waals surface area contributed by atoms with Gasteiger partial charge in [-0.05, 0) is 88.9 Å². The highest BCUT2D eigenvalue weighted by Gasteiger charge is 2.44. The number of pyridine rings is 1. The molecule has 0 bridgehead atoms. The number of piperidine rings is 1. The van der Waals surface area contributed by atoms with Gasteiger partial charge in [0.15, 0.2) is 0 Å². The number of benzene rings is 2. The van der Waals surface area contributed by atoms with Gasteiger partial charge in [0, 0.05) is 49.7 Å². The molecule has 0 radical (unpaired) electrons. The van der Waals surface area contributed by atoms with Crippen molar-refractivity contribution in [2.45, 2.75) is 76.6 Å². The largest absolute Gasteiger partial charge is 0.507 e. The molecule has 2 aromatic carbocycles. The van der Waals surface area contributed by atoms with Crippen molar-refractivity contribution in [2.75, 3.05) is 32.7 Å². The molecule has 1 spiro atoms. The van der Waals surface area contributed by atoms with E-state index in [1.807, 2.05) is 43.9 Å². The van der Waals surface area contributed by atoms with Crippen LogP contribution < -0.4 is 0 Å². The molecule has 1 aromatic heterocycles. The average Bonchev–Trinajstić information content (AvgIpc) is 3.42. The maximum atomic E-state index is 13.1. The van der Waals surface area contributed by atoms with Crippen LogP contribution in [-0.4, -0.2) is 75.3 Å². The highest BCUT2D eigenvalue weighted by molar-refractivity contribution is 5.69. The molecule has 4 heterocycles. The zero-order valence-electron chi connectivity index (χ0n) is 25.3. The molecule has 3 aliphatic rings. The first-order valence-corrected chi connectivity index (χ1v) is 15.5. The number of rotatable bonds is 5. The van der Waals surface area contributed by atoms with Gasteiger partial charge >= 0.3 is 6.09 Å². The summed E-state index contributed by atoms with van der Waals surface area (Å²) >= 11 is 0. The second-order valence-corrected chi connectivity index (χ2v) is 13.4. The minimum Gasteiger partial charge on any atom is -0.507 e. The zero-order chi connectivity index (χ0) is 29.3. The lowest BCUT2D eigenvalue weighted by atomic mass is 9.69. The number of ether oxygens (including phenoxy) is 1. The second kappa shape index (κ2) is 11.7. The summed E-state index contributed by atoms with van der Waals surface area (Å²) in [6, 6.07) is 22.7. The fraction of sp³-hybridized carbons (Fsp3) is 0.486. The van der Waals surface area contributed by atoms with Crippen LogP contribution in [0.2, 0.25) is 0 Å². The minimum absolute atomic E-state index is 0.0143. The normalized spacial score (nSPS) is 20.9. The van der Waals surface area contributed by atoms with Crippen molar-refractivity contribution in [2.24, 2.45) is 0 Å². The van der Waals surface area contributed by atoms with Gasteiger partial charge in [-0.15, -0.1) is 0 Å². The molecule has 0 saturated carbocycles. The number of carbonyl (C=O) groups is 1. The van der Waals surface area contributed by atoms with Crippen LogP contribution >= 0.6 is 0 Å². The summed E-state index contributed by atoms with van der Waals surface area (Å²) in [5.41, 5.74) is 4.89. The van der Waals surface area contributed by atoms with Crippen LogP contribution in [0.5, 0.6) is 5.75 Å². The van der Waals surface area contributed by atoms with Crippen molar-refractivity contribution in [3.63, 3.8) is 0 Å². The summed E-state index contributed by atoms with van der Waals surface area (Å²) in [5.74, 6) is 0.250. The Morgan fingerprint density at radius 1 is 0.976 bits per heavy atom. The first-order chi connectivity index (χ1) is 20.2. The number of likely N-dealkylation sites (tertiary alicyclic amines) is 2. The Labute approximate surface area is 250 Å². The molecule has 2 saturated heterocycles. The maximum absolute atomic E-state index is 13.1. The number of aromatic hydroxyl groups is 1. The zero-order valence-corrected chi connectivity index (χ0v) is 25.3. The lowest BCUT2D eigenvalue weighted by Crippen LogP contribution is -2.54. The molecule has 7 heteroatoms. The number of hydrogen-bond donors (Lipinski definition) is 1. The molecule has 6 rings (SSSR count). The summed E-state index contributed by atoms with van der Waals surface area (Å²) in [5, 5.41) is 10.6. The van der Waals surface area contributed by atoms with Crippen molar-refractivity contribution in [1.29, 1.82) is 0 Å². The fourth-order valence-electron chi connectivity index (χ4n) is 7.15. The third-order valence-electron chi connectivity index (χ3n) is 9.16. The molecular formula is C35H44N4O3. The number of amides is 1. The number of fused-ring (bicyclic) bond motifs is 2. The van der Waals surface area contributed by atoms with Crippen molar-refractivity contribution in [3.8, 4) is 17.0 Å². The Kier molecular flexibility index (Phi) is 7.99. The van der Waals surface area contributed by atoms with Crippen LogP contribution in [-0.2, 0) is 23.2 Å². The number of aromatic nitrogens is 1. The molecule has 3 aliphatic heterocycles. The van der Waals surface area contributed by atoms with Crippen molar-refractivity contribution >= 4 is 6.09 Å². The lowest BCUT2D eigenvalue weighted by molar-refractivity contribution is 0.0166. The van der Waals surface area contributed by atoms with Crippen molar-refractivity contribution in [1.82, 2.24) is 19.7 Å². The topological polar surface area (TPSA) is 69.1 Å². The number of phenolic OH excluding ortho intramolecular Hbond substituents is 1. The Hall–Kier alpha value is -3.42. The van der Waals surface area contributed by atoms with Gasteiger partial charge in [-0.1, -0.05) is 48.5 Å². The summed E-state index contributed by atoms with van der Waals surface area (Å²) in [4.78, 5) is 25.3. The number of carbonyl (C=O) groups excluding carboxylic acids is 1. The fourth-order valence-corrected chi connectivity index (χ4v) is 7.15. The van der Waals surface area contributed by atoms with E-state index in [0.717, 1.165) is 88.4 Å². The Morgan fingerprint density at radius 3 is 2.45 bits per heavy atom. The van der Waals surface area contributed by atoms with E-state index in [4.69, 9.17) is 9.72 Å². The quantitative estimate of drug-likeness (QED) is 0.395. The van der Waals surface area contributed by atoms with E-state index in [-0.39, 0.29) is 23.3 Å². The van der Waals surface area contributed by atoms with E-state index in [9.17, 15) is 9.90 Å². The molecule has 1 N–H and O–H groups in total. The minimum atomic E-state index is -0.505. The Morgan fingerprint density at radius 2 is 1.71 bits per heavy atom. The highest BCUT2D eigenvalue weighted by atomic mass is 16.6. The molecule has 2 fully saturated rings. The smallest absolute Gasteiger partial charge is 0.410 e. The van der Waals surface area contributed by atoms with E-state index < -0.39 is 5.60 Å². The number of phenols is 1. The van der Waals surface area contributed by atoms with Crippen LogP contribution in [0.15, 0.2) is 66.7 Å². The van der Waals surface area contributed by atoms with Crippen molar-refractivity contribution in [3.05, 3.63) is 83.6 Å². The van der Waals surface area contributed by atoms with E-state index in [2.05, 4.69) is 52.3 Å². The van der Waals surface area contributed by atoms with Gasteiger partial charge in [0.25, 0.3) is 0 Å². The third kappa shape index (κ3) is 6.18. The third-order valence-corrected chi connectivity index (χ3v) is 9.16. The van der Waals surface area contributed by atoms with Gasteiger partial charge in [-0.25, -0.2) is 4.79 Å². The standard InChI is InChI=1S/C35H44N4O3/c1-34(2,3)42-33(41)39-19-9-12-27(39)23-38-24-31-29(15-16-30(36-31)28-13-7-8-14-32(28)40)35(25-38)17-20-37(21-18-35)22-26-10-5-4-6-11-26/h4-8,10-11,13-16,27,40H,9,12,17-25H2,1-3H3/t27-/m1/s1. The number of para-hydroxylation sites is 1. The van der Waals surface area contributed by atoms with Gasteiger partial charge in [0.05, 0.1) is 11.4 Å². The predicted octanol–water partition coefficient (Wildman–Crippen LogP) is 6.20. The first kappa shape index (κ1) is 28.7.